The van der Waals surface area contributed by atoms with Crippen molar-refractivity contribution >= 4 is 22.3 Å². The zero-order valence-corrected chi connectivity index (χ0v) is 11.4. The number of aromatic nitrogens is 3. The average molecular weight is 283 g/mol. The highest BCUT2D eigenvalue weighted by molar-refractivity contribution is 5.96. The van der Waals surface area contributed by atoms with E-state index in [1.165, 1.54) is 6.07 Å². The van der Waals surface area contributed by atoms with E-state index in [1.807, 2.05) is 17.8 Å². The molecule has 0 saturated carbocycles. The first kappa shape index (κ1) is 13.0. The van der Waals surface area contributed by atoms with E-state index < -0.39 is 4.92 Å². The van der Waals surface area contributed by atoms with Crippen LogP contribution in [0.5, 0.6) is 0 Å². The molecule has 0 spiro atoms. The summed E-state index contributed by atoms with van der Waals surface area (Å²) in [6, 6.07) is 6.56. The number of hydrogen-bond donors (Lipinski definition) is 1. The summed E-state index contributed by atoms with van der Waals surface area (Å²) in [6.45, 7) is 0.521. The quantitative estimate of drug-likeness (QED) is 0.587. The van der Waals surface area contributed by atoms with Gasteiger partial charge < -0.3 is 9.88 Å². The van der Waals surface area contributed by atoms with E-state index in [1.54, 1.807) is 30.6 Å². The predicted molar refractivity (Wildman–Crippen MR) is 78.9 cm³/mol. The van der Waals surface area contributed by atoms with Crippen molar-refractivity contribution < 1.29 is 4.92 Å². The number of nitro benzene ring substituents is 1. The lowest BCUT2D eigenvalue weighted by Gasteiger charge is -2.09. The number of nitro groups is 1. The number of hydrogen-bond acceptors (Lipinski definition) is 5. The summed E-state index contributed by atoms with van der Waals surface area (Å²) < 4.78 is 1.91. The third kappa shape index (κ3) is 2.40. The van der Waals surface area contributed by atoms with Crippen molar-refractivity contribution in [3.63, 3.8) is 0 Å². The summed E-state index contributed by atoms with van der Waals surface area (Å²) in [6.07, 6.45) is 5.21. The Labute approximate surface area is 120 Å². The molecule has 1 N–H and O–H groups in total. The summed E-state index contributed by atoms with van der Waals surface area (Å²) in [5.74, 6) is 0.873. The highest BCUT2D eigenvalue weighted by atomic mass is 16.6. The molecule has 21 heavy (non-hydrogen) atoms. The molecule has 0 aliphatic carbocycles. The molecule has 0 fully saturated rings. The maximum absolute atomic E-state index is 11.1. The summed E-state index contributed by atoms with van der Waals surface area (Å²) in [4.78, 5) is 19.1. The van der Waals surface area contributed by atoms with Gasteiger partial charge in [-0.25, -0.2) is 4.98 Å². The first-order valence-corrected chi connectivity index (χ1v) is 6.39. The molecule has 0 bridgehead atoms. The minimum absolute atomic E-state index is 0.0561. The van der Waals surface area contributed by atoms with E-state index in [0.717, 1.165) is 11.5 Å². The number of pyridine rings is 1. The van der Waals surface area contributed by atoms with Gasteiger partial charge in [0.2, 0.25) is 0 Å². The SMILES string of the molecule is Cn1ccnc1CNc1ccc([N+](=O)[O-])c2cccnc12. The van der Waals surface area contributed by atoms with Crippen LogP contribution in [0.1, 0.15) is 5.82 Å². The van der Waals surface area contributed by atoms with E-state index in [2.05, 4.69) is 15.3 Å². The van der Waals surface area contributed by atoms with Gasteiger partial charge >= 0.3 is 0 Å². The maximum atomic E-state index is 11.1. The third-order valence-corrected chi connectivity index (χ3v) is 3.30. The molecule has 0 amide bonds. The fraction of sp³-hybridized carbons (Fsp3) is 0.143. The molecule has 0 saturated heterocycles. The van der Waals surface area contributed by atoms with Gasteiger partial charge in [0.25, 0.3) is 5.69 Å². The van der Waals surface area contributed by atoms with Crippen molar-refractivity contribution in [2.24, 2.45) is 7.05 Å². The highest BCUT2D eigenvalue weighted by Gasteiger charge is 2.14. The monoisotopic (exact) mass is 283 g/mol. The van der Waals surface area contributed by atoms with Crippen molar-refractivity contribution in [1.82, 2.24) is 14.5 Å². The number of rotatable bonds is 4. The predicted octanol–water partition coefficient (Wildman–Crippen LogP) is 2.49. The van der Waals surface area contributed by atoms with Crippen LogP contribution in [0.3, 0.4) is 0 Å². The number of nitrogens with one attached hydrogen (secondary N) is 1. The van der Waals surface area contributed by atoms with Crippen molar-refractivity contribution in [2.75, 3.05) is 5.32 Å². The molecule has 2 heterocycles. The topological polar surface area (TPSA) is 85.9 Å². The number of non-ortho nitro benzene ring substituents is 1. The lowest BCUT2D eigenvalue weighted by molar-refractivity contribution is -0.383. The van der Waals surface area contributed by atoms with Gasteiger partial charge in [0, 0.05) is 31.7 Å². The summed E-state index contributed by atoms with van der Waals surface area (Å²) in [7, 11) is 1.91. The van der Waals surface area contributed by atoms with Crippen LogP contribution in [-0.4, -0.2) is 19.5 Å². The van der Waals surface area contributed by atoms with E-state index in [9.17, 15) is 10.1 Å². The molecule has 106 valence electrons. The number of nitrogens with zero attached hydrogens (tertiary/aromatic N) is 4. The van der Waals surface area contributed by atoms with Crippen molar-refractivity contribution in [3.05, 3.63) is 58.8 Å². The lowest BCUT2D eigenvalue weighted by Crippen LogP contribution is -2.06. The lowest BCUT2D eigenvalue weighted by atomic mass is 10.1. The summed E-state index contributed by atoms with van der Waals surface area (Å²) in [5, 5.41) is 14.8. The second kappa shape index (κ2) is 5.20. The molecule has 1 aromatic carbocycles. The van der Waals surface area contributed by atoms with E-state index in [-0.39, 0.29) is 5.69 Å². The number of fused-ring (bicyclic) bond motifs is 1. The Morgan fingerprint density at radius 1 is 1.29 bits per heavy atom. The molecule has 0 atom stereocenters. The Hall–Kier alpha value is -2.96. The van der Waals surface area contributed by atoms with Gasteiger partial charge in [0.15, 0.2) is 0 Å². The number of anilines is 1. The minimum atomic E-state index is -0.396. The first-order valence-electron chi connectivity index (χ1n) is 6.39. The Kier molecular flexibility index (Phi) is 3.23. The average Bonchev–Trinajstić information content (AvgIpc) is 2.89. The molecule has 0 aliphatic rings. The van der Waals surface area contributed by atoms with Crippen LogP contribution < -0.4 is 5.32 Å². The largest absolute Gasteiger partial charge is 0.376 e. The van der Waals surface area contributed by atoms with E-state index in [0.29, 0.717) is 17.4 Å². The van der Waals surface area contributed by atoms with Crippen LogP contribution in [-0.2, 0) is 13.6 Å². The van der Waals surface area contributed by atoms with Gasteiger partial charge in [0.1, 0.15) is 11.3 Å². The highest BCUT2D eigenvalue weighted by Crippen LogP contribution is 2.29. The molecule has 0 aliphatic heterocycles. The zero-order chi connectivity index (χ0) is 14.8. The first-order chi connectivity index (χ1) is 10.2. The molecule has 0 radical (unpaired) electrons. The van der Waals surface area contributed by atoms with Gasteiger partial charge in [-0.3, -0.25) is 15.1 Å². The Morgan fingerprint density at radius 3 is 2.86 bits per heavy atom. The molecular formula is C14H13N5O2. The second-order valence-corrected chi connectivity index (χ2v) is 4.60. The number of aryl methyl sites for hydroxylation is 1. The minimum Gasteiger partial charge on any atom is -0.376 e. The van der Waals surface area contributed by atoms with Gasteiger partial charge in [0.05, 0.1) is 22.5 Å². The Balaban J connectivity index is 1.98. The van der Waals surface area contributed by atoms with Crippen LogP contribution in [0.4, 0.5) is 11.4 Å². The Morgan fingerprint density at radius 2 is 2.14 bits per heavy atom. The maximum Gasteiger partial charge on any atom is 0.278 e. The second-order valence-electron chi connectivity index (χ2n) is 4.60. The van der Waals surface area contributed by atoms with Gasteiger partial charge in [-0.05, 0) is 18.2 Å². The molecule has 7 heteroatoms. The fourth-order valence-corrected chi connectivity index (χ4v) is 2.20. The molecule has 0 unspecified atom stereocenters. The van der Waals surface area contributed by atoms with Crippen LogP contribution in [0, 0.1) is 10.1 Å². The smallest absolute Gasteiger partial charge is 0.278 e. The molecular weight excluding hydrogens is 270 g/mol. The summed E-state index contributed by atoms with van der Waals surface area (Å²) in [5.41, 5.74) is 1.39. The van der Waals surface area contributed by atoms with Gasteiger partial charge in [-0.1, -0.05) is 0 Å². The van der Waals surface area contributed by atoms with Crippen LogP contribution in [0.2, 0.25) is 0 Å². The molecule has 2 aromatic heterocycles. The van der Waals surface area contributed by atoms with Crippen molar-refractivity contribution in [3.8, 4) is 0 Å². The van der Waals surface area contributed by atoms with E-state index >= 15 is 0 Å². The summed E-state index contributed by atoms with van der Waals surface area (Å²) >= 11 is 0. The molecule has 3 rings (SSSR count). The zero-order valence-electron chi connectivity index (χ0n) is 11.4. The standard InChI is InChI=1S/C14H13N5O2/c1-18-8-7-15-13(18)9-17-11-4-5-12(19(20)21)10-3-2-6-16-14(10)11/h2-8,17H,9H2,1H3. The van der Waals surface area contributed by atoms with Crippen LogP contribution >= 0.6 is 0 Å². The van der Waals surface area contributed by atoms with E-state index in [4.69, 9.17) is 0 Å². The fourth-order valence-electron chi connectivity index (χ4n) is 2.20. The van der Waals surface area contributed by atoms with Gasteiger partial charge in [-0.2, -0.15) is 0 Å². The number of imidazole rings is 1. The van der Waals surface area contributed by atoms with Crippen LogP contribution in [0.25, 0.3) is 10.9 Å². The normalized spacial score (nSPS) is 10.7. The van der Waals surface area contributed by atoms with Gasteiger partial charge in [-0.15, -0.1) is 0 Å². The molecule has 3 aromatic rings. The third-order valence-electron chi connectivity index (χ3n) is 3.30. The van der Waals surface area contributed by atoms with Crippen LogP contribution in [0.15, 0.2) is 42.9 Å². The Bertz CT molecular complexity index is 812. The van der Waals surface area contributed by atoms with Crippen molar-refractivity contribution in [1.29, 1.82) is 0 Å². The number of benzene rings is 1. The molecule has 7 nitrogen and oxygen atoms in total. The van der Waals surface area contributed by atoms with Crippen molar-refractivity contribution in [2.45, 2.75) is 6.54 Å².